The molecule has 0 bridgehead atoms. The van der Waals surface area contributed by atoms with Gasteiger partial charge in [0, 0.05) is 23.7 Å². The van der Waals surface area contributed by atoms with Crippen molar-refractivity contribution in [1.29, 1.82) is 0 Å². The SMILES string of the molecule is Clc1ccccc1C1CC(NC2CCCOC2)C1. The highest BCUT2D eigenvalue weighted by molar-refractivity contribution is 6.31. The highest BCUT2D eigenvalue weighted by Crippen LogP contribution is 2.40. The quantitative estimate of drug-likeness (QED) is 0.905. The topological polar surface area (TPSA) is 21.3 Å². The summed E-state index contributed by atoms with van der Waals surface area (Å²) in [6, 6.07) is 9.45. The van der Waals surface area contributed by atoms with Crippen LogP contribution in [0.2, 0.25) is 5.02 Å². The van der Waals surface area contributed by atoms with Gasteiger partial charge in [-0.15, -0.1) is 0 Å². The maximum absolute atomic E-state index is 6.23. The lowest BCUT2D eigenvalue weighted by Crippen LogP contribution is -2.48. The van der Waals surface area contributed by atoms with Gasteiger partial charge in [0.1, 0.15) is 0 Å². The molecule has 2 nitrogen and oxygen atoms in total. The Morgan fingerprint density at radius 1 is 1.17 bits per heavy atom. The standard InChI is InChI=1S/C15H20ClNO/c16-15-6-2-1-5-14(15)11-8-13(9-11)17-12-4-3-7-18-10-12/h1-2,5-6,11-13,17H,3-4,7-10H2. The number of halogens is 1. The third kappa shape index (κ3) is 2.71. The Bertz CT molecular complexity index is 397. The number of benzene rings is 1. The second-order valence-electron chi connectivity index (χ2n) is 5.47. The number of nitrogens with one attached hydrogen (secondary N) is 1. The van der Waals surface area contributed by atoms with Crippen LogP contribution in [0.3, 0.4) is 0 Å². The van der Waals surface area contributed by atoms with Gasteiger partial charge in [-0.05, 0) is 43.2 Å². The first-order valence-corrected chi connectivity index (χ1v) is 7.29. The van der Waals surface area contributed by atoms with E-state index in [-0.39, 0.29) is 0 Å². The first-order chi connectivity index (χ1) is 8.83. The molecule has 1 unspecified atom stereocenters. The van der Waals surface area contributed by atoms with Crippen LogP contribution in [0.5, 0.6) is 0 Å². The number of hydrogen-bond acceptors (Lipinski definition) is 2. The van der Waals surface area contributed by atoms with E-state index in [1.807, 2.05) is 12.1 Å². The summed E-state index contributed by atoms with van der Waals surface area (Å²) in [6.45, 7) is 1.82. The molecule has 0 spiro atoms. The van der Waals surface area contributed by atoms with E-state index in [2.05, 4.69) is 17.4 Å². The van der Waals surface area contributed by atoms with Crippen LogP contribution in [-0.4, -0.2) is 25.3 Å². The van der Waals surface area contributed by atoms with Gasteiger partial charge in [-0.1, -0.05) is 29.8 Å². The fourth-order valence-corrected chi connectivity index (χ4v) is 3.31. The number of hydrogen-bond donors (Lipinski definition) is 1. The molecular weight excluding hydrogens is 246 g/mol. The minimum absolute atomic E-state index is 0.566. The van der Waals surface area contributed by atoms with Crippen LogP contribution in [0.1, 0.15) is 37.2 Å². The molecule has 1 saturated heterocycles. The average Bonchev–Trinajstić information content (AvgIpc) is 2.36. The molecule has 18 heavy (non-hydrogen) atoms. The van der Waals surface area contributed by atoms with E-state index in [0.29, 0.717) is 18.0 Å². The van der Waals surface area contributed by atoms with Gasteiger partial charge in [0.25, 0.3) is 0 Å². The van der Waals surface area contributed by atoms with Gasteiger partial charge in [-0.3, -0.25) is 0 Å². The first kappa shape index (κ1) is 12.5. The lowest BCUT2D eigenvalue weighted by molar-refractivity contribution is 0.0600. The molecule has 1 aromatic rings. The highest BCUT2D eigenvalue weighted by atomic mass is 35.5. The Morgan fingerprint density at radius 2 is 2.00 bits per heavy atom. The summed E-state index contributed by atoms with van der Waals surface area (Å²) in [6.07, 6.45) is 4.87. The highest BCUT2D eigenvalue weighted by Gasteiger charge is 2.32. The van der Waals surface area contributed by atoms with E-state index in [0.717, 1.165) is 18.2 Å². The molecule has 1 aromatic carbocycles. The van der Waals surface area contributed by atoms with Crippen molar-refractivity contribution in [3.8, 4) is 0 Å². The minimum atomic E-state index is 0.566. The van der Waals surface area contributed by atoms with Gasteiger partial charge < -0.3 is 10.1 Å². The third-order valence-electron chi connectivity index (χ3n) is 4.11. The van der Waals surface area contributed by atoms with Crippen molar-refractivity contribution in [2.75, 3.05) is 13.2 Å². The summed E-state index contributed by atoms with van der Waals surface area (Å²) in [4.78, 5) is 0. The fraction of sp³-hybridized carbons (Fsp3) is 0.600. The van der Waals surface area contributed by atoms with Crippen molar-refractivity contribution in [2.24, 2.45) is 0 Å². The van der Waals surface area contributed by atoms with Gasteiger partial charge in [0.2, 0.25) is 0 Å². The maximum atomic E-state index is 6.23. The van der Waals surface area contributed by atoms with E-state index in [9.17, 15) is 0 Å². The summed E-state index contributed by atoms with van der Waals surface area (Å²) in [5.74, 6) is 0.640. The largest absolute Gasteiger partial charge is 0.380 e. The van der Waals surface area contributed by atoms with Gasteiger partial charge in [-0.2, -0.15) is 0 Å². The van der Waals surface area contributed by atoms with Crippen molar-refractivity contribution in [2.45, 2.75) is 43.7 Å². The van der Waals surface area contributed by atoms with Crippen LogP contribution in [0.4, 0.5) is 0 Å². The molecule has 98 valence electrons. The Hall–Kier alpha value is -0.570. The van der Waals surface area contributed by atoms with Gasteiger partial charge >= 0.3 is 0 Å². The van der Waals surface area contributed by atoms with Crippen LogP contribution < -0.4 is 5.32 Å². The molecular formula is C15H20ClNO. The van der Waals surface area contributed by atoms with E-state index < -0.39 is 0 Å². The predicted octanol–water partition coefficient (Wildman–Crippen LogP) is 3.35. The molecule has 2 fully saturated rings. The second kappa shape index (κ2) is 5.60. The molecule has 0 amide bonds. The normalized spacial score (nSPS) is 31.9. The Labute approximate surface area is 114 Å². The Balaban J connectivity index is 1.49. The van der Waals surface area contributed by atoms with E-state index in [1.165, 1.54) is 31.2 Å². The molecule has 3 heteroatoms. The van der Waals surface area contributed by atoms with Crippen LogP contribution in [0.25, 0.3) is 0 Å². The summed E-state index contributed by atoms with van der Waals surface area (Å²) >= 11 is 6.23. The monoisotopic (exact) mass is 265 g/mol. The number of ether oxygens (including phenoxy) is 1. The zero-order valence-corrected chi connectivity index (χ0v) is 11.3. The van der Waals surface area contributed by atoms with Crippen LogP contribution in [0, 0.1) is 0 Å². The van der Waals surface area contributed by atoms with E-state index in [1.54, 1.807) is 0 Å². The summed E-state index contributed by atoms with van der Waals surface area (Å²) in [7, 11) is 0. The van der Waals surface area contributed by atoms with Crippen LogP contribution >= 0.6 is 11.6 Å². The zero-order chi connectivity index (χ0) is 12.4. The molecule has 1 N–H and O–H groups in total. The van der Waals surface area contributed by atoms with Crippen molar-refractivity contribution < 1.29 is 4.74 Å². The van der Waals surface area contributed by atoms with E-state index >= 15 is 0 Å². The van der Waals surface area contributed by atoms with Crippen LogP contribution in [-0.2, 0) is 4.74 Å². The molecule has 3 rings (SSSR count). The lowest BCUT2D eigenvalue weighted by Gasteiger charge is -2.39. The molecule has 1 aliphatic heterocycles. The van der Waals surface area contributed by atoms with Crippen molar-refractivity contribution in [1.82, 2.24) is 5.32 Å². The third-order valence-corrected chi connectivity index (χ3v) is 4.46. The first-order valence-electron chi connectivity index (χ1n) is 6.91. The maximum Gasteiger partial charge on any atom is 0.0619 e. The molecule has 1 atom stereocenters. The molecule has 0 aromatic heterocycles. The lowest BCUT2D eigenvalue weighted by atomic mass is 9.75. The molecule has 0 radical (unpaired) electrons. The molecule has 1 aliphatic carbocycles. The van der Waals surface area contributed by atoms with Crippen molar-refractivity contribution in [3.05, 3.63) is 34.9 Å². The summed E-state index contributed by atoms with van der Waals surface area (Å²) in [5.41, 5.74) is 1.32. The van der Waals surface area contributed by atoms with Crippen LogP contribution in [0.15, 0.2) is 24.3 Å². The molecule has 1 saturated carbocycles. The number of rotatable bonds is 3. The minimum Gasteiger partial charge on any atom is -0.380 e. The molecule has 1 heterocycles. The van der Waals surface area contributed by atoms with Gasteiger partial charge in [0.05, 0.1) is 6.61 Å². The Morgan fingerprint density at radius 3 is 2.72 bits per heavy atom. The van der Waals surface area contributed by atoms with Gasteiger partial charge in [0.15, 0.2) is 0 Å². The fourth-order valence-electron chi connectivity index (χ4n) is 3.02. The van der Waals surface area contributed by atoms with E-state index in [4.69, 9.17) is 16.3 Å². The summed E-state index contributed by atoms with van der Waals surface area (Å²) in [5, 5.41) is 4.62. The zero-order valence-electron chi connectivity index (χ0n) is 10.6. The molecule has 2 aliphatic rings. The smallest absolute Gasteiger partial charge is 0.0619 e. The second-order valence-corrected chi connectivity index (χ2v) is 5.87. The van der Waals surface area contributed by atoms with Gasteiger partial charge in [-0.25, -0.2) is 0 Å². The van der Waals surface area contributed by atoms with Crippen molar-refractivity contribution >= 4 is 11.6 Å². The predicted molar refractivity (Wildman–Crippen MR) is 74.2 cm³/mol. The Kier molecular flexibility index (Phi) is 3.88. The average molecular weight is 266 g/mol. The van der Waals surface area contributed by atoms with Crippen molar-refractivity contribution in [3.63, 3.8) is 0 Å². The summed E-state index contributed by atoms with van der Waals surface area (Å²) < 4.78 is 5.50.